The molecular weight excluding hydrogens is 206 g/mol. The number of carbonyl (C=O) groups excluding carboxylic acids is 1. The predicted octanol–water partition coefficient (Wildman–Crippen LogP) is -0.487. The topological polar surface area (TPSA) is 58.8 Å². The molecule has 0 bridgehead atoms. The normalized spacial score (nSPS) is 24.4. The number of likely N-dealkylation sites (N-methyl/N-ethyl adjacent to an activating group) is 2. The van der Waals surface area contributed by atoms with Crippen LogP contribution in [0.1, 0.15) is 12.8 Å². The van der Waals surface area contributed by atoms with Crippen LogP contribution in [0.2, 0.25) is 0 Å². The van der Waals surface area contributed by atoms with Crippen LogP contribution in [0, 0.1) is 0 Å². The van der Waals surface area contributed by atoms with Crippen molar-refractivity contribution < 1.29 is 9.53 Å². The smallest absolute Gasteiger partial charge is 0.324 e. The summed E-state index contributed by atoms with van der Waals surface area (Å²) in [5, 5.41) is 0. The Kier molecular flexibility index (Phi) is 5.18. The molecule has 1 fully saturated rings. The number of esters is 1. The zero-order valence-electron chi connectivity index (χ0n) is 10.5. The molecule has 0 aromatic carbocycles. The molecule has 0 aromatic heterocycles. The summed E-state index contributed by atoms with van der Waals surface area (Å²) in [6.07, 6.45) is 2.29. The highest BCUT2D eigenvalue weighted by atomic mass is 16.5. The SMILES string of the molecule is COC(=O)C(CN)N(C)C1CCCN(C)C1. The molecule has 0 aliphatic carbocycles. The van der Waals surface area contributed by atoms with Crippen molar-refractivity contribution in [3.63, 3.8) is 0 Å². The Hall–Kier alpha value is -0.650. The molecule has 0 aromatic rings. The van der Waals surface area contributed by atoms with Crippen molar-refractivity contribution in [3.05, 3.63) is 0 Å². The minimum absolute atomic E-state index is 0.238. The van der Waals surface area contributed by atoms with Gasteiger partial charge >= 0.3 is 5.97 Å². The number of piperidine rings is 1. The van der Waals surface area contributed by atoms with E-state index in [0.29, 0.717) is 12.6 Å². The molecule has 0 saturated carbocycles. The standard InChI is InChI=1S/C11H23N3O2/c1-13-6-4-5-9(8-13)14(2)10(7-12)11(15)16-3/h9-10H,4-8,12H2,1-3H3. The molecule has 5 heteroatoms. The summed E-state index contributed by atoms with van der Waals surface area (Å²) in [6.45, 7) is 2.43. The number of carbonyl (C=O) groups is 1. The third-order valence-corrected chi connectivity index (χ3v) is 3.36. The Labute approximate surface area is 97.5 Å². The molecule has 1 saturated heterocycles. The molecule has 1 aliphatic heterocycles. The number of hydrogen-bond donors (Lipinski definition) is 1. The Balaban J connectivity index is 2.59. The Morgan fingerprint density at radius 2 is 2.38 bits per heavy atom. The van der Waals surface area contributed by atoms with Gasteiger partial charge in [0, 0.05) is 19.1 Å². The molecule has 0 spiro atoms. The minimum atomic E-state index is -0.318. The van der Waals surface area contributed by atoms with E-state index in [1.54, 1.807) is 0 Å². The Bertz CT molecular complexity index is 235. The van der Waals surface area contributed by atoms with Gasteiger partial charge in [0.2, 0.25) is 0 Å². The average Bonchev–Trinajstić information content (AvgIpc) is 2.29. The van der Waals surface area contributed by atoms with Crippen LogP contribution in [0.25, 0.3) is 0 Å². The third kappa shape index (κ3) is 3.17. The van der Waals surface area contributed by atoms with E-state index in [1.165, 1.54) is 13.5 Å². The Morgan fingerprint density at radius 1 is 1.69 bits per heavy atom. The second-order valence-corrected chi connectivity index (χ2v) is 4.50. The number of rotatable bonds is 4. The second-order valence-electron chi connectivity index (χ2n) is 4.50. The number of likely N-dealkylation sites (tertiary alicyclic amines) is 1. The van der Waals surface area contributed by atoms with Gasteiger partial charge in [0.1, 0.15) is 6.04 Å². The van der Waals surface area contributed by atoms with Crippen molar-refractivity contribution in [3.8, 4) is 0 Å². The molecule has 1 rings (SSSR count). The number of hydrogen-bond acceptors (Lipinski definition) is 5. The van der Waals surface area contributed by atoms with E-state index in [-0.39, 0.29) is 12.0 Å². The summed E-state index contributed by atoms with van der Waals surface area (Å²) in [4.78, 5) is 15.9. The number of nitrogens with zero attached hydrogens (tertiary/aromatic N) is 2. The molecule has 2 unspecified atom stereocenters. The molecule has 16 heavy (non-hydrogen) atoms. The van der Waals surface area contributed by atoms with Crippen molar-refractivity contribution >= 4 is 5.97 Å². The van der Waals surface area contributed by atoms with Gasteiger partial charge < -0.3 is 15.4 Å². The summed E-state index contributed by atoms with van der Waals surface area (Å²) >= 11 is 0. The van der Waals surface area contributed by atoms with E-state index in [0.717, 1.165) is 19.5 Å². The molecule has 0 amide bonds. The summed E-state index contributed by atoms with van der Waals surface area (Å²) in [6, 6.07) is 0.0768. The van der Waals surface area contributed by atoms with E-state index < -0.39 is 0 Å². The predicted molar refractivity (Wildman–Crippen MR) is 63.1 cm³/mol. The fourth-order valence-electron chi connectivity index (χ4n) is 2.29. The first kappa shape index (κ1) is 13.4. The van der Waals surface area contributed by atoms with Crippen LogP contribution in [-0.2, 0) is 9.53 Å². The highest BCUT2D eigenvalue weighted by molar-refractivity contribution is 5.75. The van der Waals surface area contributed by atoms with Crippen LogP contribution in [0.15, 0.2) is 0 Å². The van der Waals surface area contributed by atoms with Gasteiger partial charge in [-0.2, -0.15) is 0 Å². The molecule has 5 nitrogen and oxygen atoms in total. The van der Waals surface area contributed by atoms with E-state index in [9.17, 15) is 4.79 Å². The summed E-state index contributed by atoms with van der Waals surface area (Å²) in [5.74, 6) is -0.238. The van der Waals surface area contributed by atoms with Gasteiger partial charge in [-0.15, -0.1) is 0 Å². The molecular formula is C11H23N3O2. The van der Waals surface area contributed by atoms with Gasteiger partial charge in [0.25, 0.3) is 0 Å². The lowest BCUT2D eigenvalue weighted by atomic mass is 10.0. The molecule has 94 valence electrons. The first-order valence-electron chi connectivity index (χ1n) is 5.78. The zero-order chi connectivity index (χ0) is 12.1. The van der Waals surface area contributed by atoms with Gasteiger partial charge in [-0.1, -0.05) is 0 Å². The molecule has 1 heterocycles. The van der Waals surface area contributed by atoms with E-state index in [2.05, 4.69) is 16.8 Å². The number of ether oxygens (including phenoxy) is 1. The number of nitrogens with two attached hydrogens (primary N) is 1. The van der Waals surface area contributed by atoms with Gasteiger partial charge in [0.15, 0.2) is 0 Å². The van der Waals surface area contributed by atoms with Crippen molar-refractivity contribution in [1.82, 2.24) is 9.80 Å². The van der Waals surface area contributed by atoms with Crippen molar-refractivity contribution in [2.24, 2.45) is 5.73 Å². The average molecular weight is 229 g/mol. The van der Waals surface area contributed by atoms with Crippen molar-refractivity contribution in [2.75, 3.05) is 40.8 Å². The number of methoxy groups -OCH3 is 1. The quantitative estimate of drug-likeness (QED) is 0.659. The lowest BCUT2D eigenvalue weighted by molar-refractivity contribution is -0.147. The summed E-state index contributed by atoms with van der Waals surface area (Å²) in [5.41, 5.74) is 5.64. The van der Waals surface area contributed by atoms with Gasteiger partial charge in [-0.3, -0.25) is 9.69 Å². The van der Waals surface area contributed by atoms with Gasteiger partial charge in [-0.05, 0) is 33.5 Å². The van der Waals surface area contributed by atoms with Crippen LogP contribution < -0.4 is 5.73 Å². The zero-order valence-corrected chi connectivity index (χ0v) is 10.5. The van der Waals surface area contributed by atoms with E-state index >= 15 is 0 Å². The van der Waals surface area contributed by atoms with Crippen LogP contribution in [0.5, 0.6) is 0 Å². The fraction of sp³-hybridized carbons (Fsp3) is 0.909. The van der Waals surface area contributed by atoms with Gasteiger partial charge in [-0.25, -0.2) is 0 Å². The second kappa shape index (κ2) is 6.18. The molecule has 0 radical (unpaired) electrons. The molecule has 2 N–H and O–H groups in total. The highest BCUT2D eigenvalue weighted by Crippen LogP contribution is 2.15. The van der Waals surface area contributed by atoms with Crippen LogP contribution in [0.4, 0.5) is 0 Å². The van der Waals surface area contributed by atoms with Gasteiger partial charge in [0.05, 0.1) is 7.11 Å². The lowest BCUT2D eigenvalue weighted by Gasteiger charge is -2.38. The van der Waals surface area contributed by atoms with Crippen molar-refractivity contribution in [1.29, 1.82) is 0 Å². The Morgan fingerprint density at radius 3 is 2.88 bits per heavy atom. The first-order valence-corrected chi connectivity index (χ1v) is 5.78. The maximum absolute atomic E-state index is 11.6. The minimum Gasteiger partial charge on any atom is -0.468 e. The van der Waals surface area contributed by atoms with Crippen molar-refractivity contribution in [2.45, 2.75) is 24.9 Å². The van der Waals surface area contributed by atoms with E-state index in [1.807, 2.05) is 7.05 Å². The molecule has 1 aliphatic rings. The maximum Gasteiger partial charge on any atom is 0.324 e. The first-order chi connectivity index (χ1) is 7.60. The lowest BCUT2D eigenvalue weighted by Crippen LogP contribution is -2.54. The third-order valence-electron chi connectivity index (χ3n) is 3.36. The van der Waals surface area contributed by atoms with Crippen LogP contribution >= 0.6 is 0 Å². The fourth-order valence-corrected chi connectivity index (χ4v) is 2.29. The largest absolute Gasteiger partial charge is 0.468 e. The monoisotopic (exact) mass is 229 g/mol. The van der Waals surface area contributed by atoms with E-state index in [4.69, 9.17) is 10.5 Å². The maximum atomic E-state index is 11.6. The summed E-state index contributed by atoms with van der Waals surface area (Å²) in [7, 11) is 5.47. The van der Waals surface area contributed by atoms with Crippen LogP contribution in [0.3, 0.4) is 0 Å². The molecule has 2 atom stereocenters. The highest BCUT2D eigenvalue weighted by Gasteiger charge is 2.30. The van der Waals surface area contributed by atoms with Crippen LogP contribution in [-0.4, -0.2) is 68.7 Å². The summed E-state index contributed by atoms with van der Waals surface area (Å²) < 4.78 is 4.77.